The monoisotopic (exact) mass is 224 g/mol. The summed E-state index contributed by atoms with van der Waals surface area (Å²) in [6, 6.07) is 0.183. The molecule has 0 spiro atoms. The molecule has 2 rings (SSSR count). The number of nitro groups is 1. The Labute approximate surface area is 89.4 Å². The van der Waals surface area contributed by atoms with Crippen molar-refractivity contribution in [2.75, 3.05) is 6.54 Å². The Morgan fingerprint density at radius 1 is 1.94 bits per heavy atom. The van der Waals surface area contributed by atoms with Crippen molar-refractivity contribution >= 4 is 5.82 Å². The average Bonchev–Trinajstić information content (AvgIpc) is 2.70. The first kappa shape index (κ1) is 10.2. The molecule has 0 bridgehead atoms. The Bertz CT molecular complexity index is 465. The van der Waals surface area contributed by atoms with E-state index < -0.39 is 10.5 Å². The van der Waals surface area contributed by atoms with Crippen molar-refractivity contribution in [1.29, 1.82) is 0 Å². The third-order valence-corrected chi connectivity index (χ3v) is 2.23. The van der Waals surface area contributed by atoms with Crippen LogP contribution in [0.15, 0.2) is 11.3 Å². The van der Waals surface area contributed by atoms with E-state index in [-0.39, 0.29) is 18.4 Å². The van der Waals surface area contributed by atoms with E-state index in [1.807, 2.05) is 0 Å². The molecule has 0 amide bonds. The topological polar surface area (TPSA) is 119 Å². The van der Waals surface area contributed by atoms with Crippen LogP contribution >= 0.6 is 0 Å². The van der Waals surface area contributed by atoms with Gasteiger partial charge in [0.1, 0.15) is 11.8 Å². The molecule has 0 fully saturated rings. The number of azide groups is 1. The van der Waals surface area contributed by atoms with Crippen LogP contribution in [0.1, 0.15) is 6.92 Å². The Kier molecular flexibility index (Phi) is 2.17. The number of aromatic nitrogens is 2. The standard InChI is InChI=1S/C7H8N6O3/c1-7(3-9-11-8)4-12-2-5(13(14)15)10-6(12)16-7/h2H,3-4H2,1H3. The zero-order valence-electron chi connectivity index (χ0n) is 8.40. The number of nitrogens with zero attached hydrogens (tertiary/aromatic N) is 6. The predicted octanol–water partition coefficient (Wildman–Crippen LogP) is 1.25. The van der Waals surface area contributed by atoms with Gasteiger partial charge in [-0.05, 0) is 17.4 Å². The summed E-state index contributed by atoms with van der Waals surface area (Å²) in [5.41, 5.74) is 7.54. The van der Waals surface area contributed by atoms with Crippen molar-refractivity contribution in [2.24, 2.45) is 5.11 Å². The van der Waals surface area contributed by atoms with Gasteiger partial charge in [-0.1, -0.05) is 5.11 Å². The number of fused-ring (bicyclic) bond motifs is 1. The molecule has 1 unspecified atom stereocenters. The summed E-state index contributed by atoms with van der Waals surface area (Å²) in [5.74, 6) is -0.249. The fourth-order valence-corrected chi connectivity index (χ4v) is 1.54. The molecule has 1 aliphatic heterocycles. The maximum Gasteiger partial charge on any atom is 0.414 e. The molecule has 0 N–H and O–H groups in total. The molecule has 1 aromatic heterocycles. The van der Waals surface area contributed by atoms with E-state index in [2.05, 4.69) is 15.0 Å². The molecule has 9 heteroatoms. The van der Waals surface area contributed by atoms with Crippen molar-refractivity contribution in [3.63, 3.8) is 0 Å². The second-order valence-corrected chi connectivity index (χ2v) is 3.71. The normalized spacial score (nSPS) is 22.1. The maximum atomic E-state index is 10.4. The molecular formula is C7H8N6O3. The van der Waals surface area contributed by atoms with Gasteiger partial charge in [0.05, 0.1) is 13.1 Å². The van der Waals surface area contributed by atoms with E-state index in [1.165, 1.54) is 10.8 Å². The minimum Gasteiger partial charge on any atom is -0.437 e. The Balaban J connectivity index is 2.19. The molecule has 0 saturated heterocycles. The third-order valence-electron chi connectivity index (χ3n) is 2.23. The summed E-state index contributed by atoms with van der Waals surface area (Å²) in [6.45, 7) is 2.28. The molecule has 0 radical (unpaired) electrons. The summed E-state index contributed by atoms with van der Waals surface area (Å²) in [4.78, 5) is 16.2. The second-order valence-electron chi connectivity index (χ2n) is 3.71. The van der Waals surface area contributed by atoms with Crippen LogP contribution in [0.4, 0.5) is 5.82 Å². The minimum absolute atomic E-state index is 0.153. The van der Waals surface area contributed by atoms with E-state index in [9.17, 15) is 10.1 Å². The van der Waals surface area contributed by atoms with E-state index in [0.29, 0.717) is 6.54 Å². The lowest BCUT2D eigenvalue weighted by Gasteiger charge is -2.18. The SMILES string of the molecule is CC1(CN=[N+]=[N-])Cn2cc([N+](=O)[O-])nc2O1. The van der Waals surface area contributed by atoms with E-state index in [4.69, 9.17) is 10.3 Å². The lowest BCUT2D eigenvalue weighted by Crippen LogP contribution is -2.34. The number of imidazole rings is 1. The quantitative estimate of drug-likeness (QED) is 0.252. The van der Waals surface area contributed by atoms with Crippen LogP contribution in [0.25, 0.3) is 10.4 Å². The van der Waals surface area contributed by atoms with Crippen LogP contribution in [0, 0.1) is 10.1 Å². The highest BCUT2D eigenvalue weighted by Gasteiger charge is 2.39. The highest BCUT2D eigenvalue weighted by Crippen LogP contribution is 2.30. The smallest absolute Gasteiger partial charge is 0.414 e. The highest BCUT2D eigenvalue weighted by atomic mass is 16.6. The molecule has 0 aliphatic carbocycles. The van der Waals surface area contributed by atoms with Crippen molar-refractivity contribution < 1.29 is 9.66 Å². The summed E-state index contributed by atoms with van der Waals surface area (Å²) in [7, 11) is 0. The van der Waals surface area contributed by atoms with Crippen LogP contribution in [-0.4, -0.2) is 26.6 Å². The molecule has 0 saturated carbocycles. The zero-order valence-corrected chi connectivity index (χ0v) is 8.40. The third kappa shape index (κ3) is 1.63. The predicted molar refractivity (Wildman–Crippen MR) is 51.9 cm³/mol. The molecule has 1 aromatic rings. The van der Waals surface area contributed by atoms with Gasteiger partial charge in [-0.25, -0.2) is 0 Å². The first-order valence-electron chi connectivity index (χ1n) is 4.45. The van der Waals surface area contributed by atoms with Crippen molar-refractivity contribution in [2.45, 2.75) is 19.1 Å². The van der Waals surface area contributed by atoms with Crippen LogP contribution in [0.3, 0.4) is 0 Å². The maximum absolute atomic E-state index is 10.4. The number of hydrogen-bond donors (Lipinski definition) is 0. The van der Waals surface area contributed by atoms with Gasteiger partial charge in [0.25, 0.3) is 0 Å². The summed E-state index contributed by atoms with van der Waals surface area (Å²) < 4.78 is 6.94. The fraction of sp³-hybridized carbons (Fsp3) is 0.571. The lowest BCUT2D eigenvalue weighted by molar-refractivity contribution is -0.389. The molecule has 0 aromatic carbocycles. The lowest BCUT2D eigenvalue weighted by atomic mass is 10.1. The summed E-state index contributed by atoms with van der Waals surface area (Å²) >= 11 is 0. The molecular weight excluding hydrogens is 216 g/mol. The summed E-state index contributed by atoms with van der Waals surface area (Å²) in [6.07, 6.45) is 1.30. The van der Waals surface area contributed by atoms with Gasteiger partial charge in [0.2, 0.25) is 0 Å². The first-order valence-corrected chi connectivity index (χ1v) is 4.45. The molecule has 16 heavy (non-hydrogen) atoms. The van der Waals surface area contributed by atoms with Crippen LogP contribution < -0.4 is 4.74 Å². The van der Waals surface area contributed by atoms with Gasteiger partial charge in [0.15, 0.2) is 0 Å². The van der Waals surface area contributed by atoms with Gasteiger partial charge in [0, 0.05) is 9.90 Å². The minimum atomic E-state index is -0.677. The number of rotatable bonds is 3. The Morgan fingerprint density at radius 2 is 2.69 bits per heavy atom. The van der Waals surface area contributed by atoms with Crippen molar-refractivity contribution in [1.82, 2.24) is 9.55 Å². The molecule has 9 nitrogen and oxygen atoms in total. The van der Waals surface area contributed by atoms with Crippen molar-refractivity contribution in [3.05, 3.63) is 26.8 Å². The average molecular weight is 224 g/mol. The fourth-order valence-electron chi connectivity index (χ4n) is 1.54. The van der Waals surface area contributed by atoms with Gasteiger partial charge in [-0.2, -0.15) is 0 Å². The van der Waals surface area contributed by atoms with Crippen LogP contribution in [0.5, 0.6) is 6.01 Å². The molecule has 84 valence electrons. The second kappa shape index (κ2) is 3.38. The first-order chi connectivity index (χ1) is 7.54. The highest BCUT2D eigenvalue weighted by molar-refractivity contribution is 5.23. The summed E-state index contributed by atoms with van der Waals surface area (Å²) in [5, 5.41) is 13.9. The van der Waals surface area contributed by atoms with Crippen LogP contribution in [0.2, 0.25) is 0 Å². The van der Waals surface area contributed by atoms with Gasteiger partial charge in [-0.3, -0.25) is 4.57 Å². The van der Waals surface area contributed by atoms with E-state index >= 15 is 0 Å². The van der Waals surface area contributed by atoms with Crippen molar-refractivity contribution in [3.8, 4) is 6.01 Å². The van der Waals surface area contributed by atoms with Gasteiger partial charge < -0.3 is 14.9 Å². The van der Waals surface area contributed by atoms with Crippen LogP contribution in [-0.2, 0) is 6.54 Å². The number of ether oxygens (including phenoxy) is 1. The largest absolute Gasteiger partial charge is 0.437 e. The zero-order chi connectivity index (χ0) is 11.8. The molecule has 2 heterocycles. The Hall–Kier alpha value is -2.28. The van der Waals surface area contributed by atoms with E-state index in [1.54, 1.807) is 6.92 Å². The van der Waals surface area contributed by atoms with E-state index in [0.717, 1.165) is 0 Å². The Morgan fingerprint density at radius 3 is 3.25 bits per heavy atom. The van der Waals surface area contributed by atoms with Gasteiger partial charge in [-0.15, -0.1) is 0 Å². The number of hydrogen-bond acceptors (Lipinski definition) is 5. The molecule has 1 aliphatic rings. The van der Waals surface area contributed by atoms with Gasteiger partial charge >= 0.3 is 11.8 Å². The molecule has 1 atom stereocenters.